The number of esters is 1. The smallest absolute Gasteiger partial charge is 0.350 e. The van der Waals surface area contributed by atoms with Crippen molar-refractivity contribution in [3.63, 3.8) is 0 Å². The van der Waals surface area contributed by atoms with E-state index in [1.807, 2.05) is 0 Å². The van der Waals surface area contributed by atoms with Gasteiger partial charge in [-0.3, -0.25) is 0 Å². The number of aryl methyl sites for hydroxylation is 1. The molecule has 1 aromatic heterocycles. The van der Waals surface area contributed by atoms with Crippen LogP contribution in [0.2, 0.25) is 0 Å². The number of hydrogen-bond donors (Lipinski definition) is 1. The Morgan fingerprint density at radius 1 is 1.64 bits per heavy atom. The third-order valence-corrected chi connectivity index (χ3v) is 2.64. The Labute approximate surface area is 92.9 Å². The summed E-state index contributed by atoms with van der Waals surface area (Å²) in [5.74, 6) is -0.308. The first-order valence-electron chi connectivity index (χ1n) is 4.02. The lowest BCUT2D eigenvalue weighted by Crippen LogP contribution is -2.03. The molecule has 0 aliphatic rings. The fraction of sp³-hybridized carbons (Fsp3) is 0.500. The van der Waals surface area contributed by atoms with E-state index in [4.69, 9.17) is 10.5 Å². The molecule has 0 saturated carbocycles. The van der Waals surface area contributed by atoms with Gasteiger partial charge in [0.05, 0.1) is 12.3 Å². The summed E-state index contributed by atoms with van der Waals surface area (Å²) in [7, 11) is 0. The summed E-state index contributed by atoms with van der Waals surface area (Å²) < 4.78 is 4.86. The maximum absolute atomic E-state index is 11.3. The molecule has 0 aliphatic carbocycles. The zero-order valence-corrected chi connectivity index (χ0v) is 9.70. The molecule has 4 nitrogen and oxygen atoms in total. The maximum Gasteiger partial charge on any atom is 0.350 e. The average molecular weight is 237 g/mol. The van der Waals surface area contributed by atoms with Crippen LogP contribution in [-0.4, -0.2) is 17.6 Å². The van der Waals surface area contributed by atoms with Gasteiger partial charge < -0.3 is 10.5 Å². The molecule has 0 saturated heterocycles. The topological polar surface area (TPSA) is 65.2 Å². The monoisotopic (exact) mass is 236 g/mol. The van der Waals surface area contributed by atoms with E-state index in [-0.39, 0.29) is 18.4 Å². The Morgan fingerprint density at radius 3 is 2.71 bits per heavy atom. The lowest BCUT2D eigenvalue weighted by molar-refractivity contribution is 0.0531. The highest BCUT2D eigenvalue weighted by Gasteiger charge is 2.15. The number of hydrogen-bond acceptors (Lipinski definition) is 5. The van der Waals surface area contributed by atoms with Gasteiger partial charge >= 0.3 is 5.97 Å². The molecule has 0 amide bonds. The third kappa shape index (κ3) is 2.94. The molecule has 14 heavy (non-hydrogen) atoms. The molecule has 0 spiro atoms. The van der Waals surface area contributed by atoms with Crippen LogP contribution in [0.5, 0.6) is 0 Å². The molecular weight excluding hydrogens is 224 g/mol. The minimum atomic E-state index is -0.308. The highest BCUT2D eigenvalue weighted by molar-refractivity contribution is 7.13. The van der Waals surface area contributed by atoms with Crippen molar-refractivity contribution in [1.29, 1.82) is 0 Å². The Morgan fingerprint density at radius 2 is 2.29 bits per heavy atom. The quantitative estimate of drug-likeness (QED) is 0.808. The lowest BCUT2D eigenvalue weighted by Gasteiger charge is -1.97. The molecular formula is C8H13ClN2O2S. The van der Waals surface area contributed by atoms with E-state index in [0.29, 0.717) is 23.7 Å². The molecule has 0 aromatic carbocycles. The standard InChI is InChI=1S/C8H12N2O2S.ClH/c1-3-12-8(11)7-5(2)10-6(4-9)13-7;/h3-4,9H2,1-2H3;1H. The average Bonchev–Trinajstić information content (AvgIpc) is 2.47. The Hall–Kier alpha value is -0.650. The van der Waals surface area contributed by atoms with Gasteiger partial charge in [0.25, 0.3) is 0 Å². The normalized spacial score (nSPS) is 9.36. The number of aromatic nitrogens is 1. The van der Waals surface area contributed by atoms with Crippen LogP contribution in [-0.2, 0) is 11.3 Å². The summed E-state index contributed by atoms with van der Waals surface area (Å²) in [5, 5.41) is 0.764. The predicted octanol–water partition coefficient (Wildman–Crippen LogP) is 1.51. The van der Waals surface area contributed by atoms with Crippen molar-refractivity contribution in [3.8, 4) is 0 Å². The number of thiazole rings is 1. The third-order valence-electron chi connectivity index (χ3n) is 1.48. The number of carbonyl (C=O) groups is 1. The number of nitrogens with two attached hydrogens (primary N) is 1. The van der Waals surface area contributed by atoms with Crippen molar-refractivity contribution in [1.82, 2.24) is 4.98 Å². The van der Waals surface area contributed by atoms with Crippen molar-refractivity contribution in [2.45, 2.75) is 20.4 Å². The van der Waals surface area contributed by atoms with E-state index in [0.717, 1.165) is 5.01 Å². The second-order valence-corrected chi connectivity index (χ2v) is 3.53. The summed E-state index contributed by atoms with van der Waals surface area (Å²) in [4.78, 5) is 16.0. The highest BCUT2D eigenvalue weighted by Crippen LogP contribution is 2.18. The molecule has 0 bridgehead atoms. The molecule has 80 valence electrons. The zero-order chi connectivity index (χ0) is 9.84. The van der Waals surface area contributed by atoms with E-state index in [9.17, 15) is 4.79 Å². The van der Waals surface area contributed by atoms with Gasteiger partial charge in [-0.1, -0.05) is 0 Å². The Kier molecular flexibility index (Phi) is 5.68. The molecule has 0 aliphatic heterocycles. The van der Waals surface area contributed by atoms with Crippen molar-refractivity contribution >= 4 is 29.7 Å². The first-order valence-corrected chi connectivity index (χ1v) is 4.84. The van der Waals surface area contributed by atoms with Crippen LogP contribution >= 0.6 is 23.7 Å². The molecule has 1 rings (SSSR count). The van der Waals surface area contributed by atoms with Gasteiger partial charge in [0.2, 0.25) is 0 Å². The van der Waals surface area contributed by atoms with Gasteiger partial charge in [0.15, 0.2) is 0 Å². The van der Waals surface area contributed by atoms with Gasteiger partial charge in [-0.2, -0.15) is 0 Å². The molecule has 2 N–H and O–H groups in total. The van der Waals surface area contributed by atoms with Gasteiger partial charge in [-0.25, -0.2) is 9.78 Å². The van der Waals surface area contributed by atoms with E-state index in [2.05, 4.69) is 4.98 Å². The van der Waals surface area contributed by atoms with Crippen LogP contribution in [0.1, 0.15) is 27.3 Å². The van der Waals surface area contributed by atoms with Gasteiger partial charge in [0, 0.05) is 6.54 Å². The fourth-order valence-corrected chi connectivity index (χ4v) is 1.76. The Balaban J connectivity index is 0.00000169. The molecule has 0 radical (unpaired) electrons. The van der Waals surface area contributed by atoms with Crippen LogP contribution in [0.15, 0.2) is 0 Å². The van der Waals surface area contributed by atoms with E-state index >= 15 is 0 Å². The molecule has 1 aromatic rings. The first-order chi connectivity index (χ1) is 6.19. The van der Waals surface area contributed by atoms with Crippen LogP contribution in [0.25, 0.3) is 0 Å². The molecule has 0 atom stereocenters. The van der Waals surface area contributed by atoms with E-state index in [1.165, 1.54) is 11.3 Å². The first kappa shape index (κ1) is 13.4. The van der Waals surface area contributed by atoms with E-state index in [1.54, 1.807) is 13.8 Å². The summed E-state index contributed by atoms with van der Waals surface area (Å²) in [6, 6.07) is 0. The number of rotatable bonds is 3. The minimum absolute atomic E-state index is 0. The van der Waals surface area contributed by atoms with Crippen molar-refractivity contribution in [2.24, 2.45) is 5.73 Å². The van der Waals surface area contributed by atoms with Crippen molar-refractivity contribution in [2.75, 3.05) is 6.61 Å². The van der Waals surface area contributed by atoms with Crippen LogP contribution in [0, 0.1) is 6.92 Å². The molecule has 0 fully saturated rings. The second-order valence-electron chi connectivity index (χ2n) is 2.45. The summed E-state index contributed by atoms with van der Waals surface area (Å²) in [6.45, 7) is 4.30. The molecule has 1 heterocycles. The van der Waals surface area contributed by atoms with Crippen LogP contribution in [0.3, 0.4) is 0 Å². The zero-order valence-electron chi connectivity index (χ0n) is 8.07. The van der Waals surface area contributed by atoms with Gasteiger partial charge in [0.1, 0.15) is 9.88 Å². The summed E-state index contributed by atoms with van der Waals surface area (Å²) in [5.41, 5.74) is 6.10. The number of nitrogens with zero attached hydrogens (tertiary/aromatic N) is 1. The predicted molar refractivity (Wildman–Crippen MR) is 57.9 cm³/mol. The number of ether oxygens (including phenoxy) is 1. The number of carbonyl (C=O) groups excluding carboxylic acids is 1. The van der Waals surface area contributed by atoms with Crippen molar-refractivity contribution < 1.29 is 9.53 Å². The maximum atomic E-state index is 11.3. The largest absolute Gasteiger partial charge is 0.462 e. The fourth-order valence-electron chi connectivity index (χ4n) is 0.926. The summed E-state index contributed by atoms with van der Waals surface area (Å²) in [6.07, 6.45) is 0. The lowest BCUT2D eigenvalue weighted by atomic mass is 10.4. The van der Waals surface area contributed by atoms with Gasteiger partial charge in [-0.15, -0.1) is 23.7 Å². The Bertz CT molecular complexity index is 314. The molecule has 0 unspecified atom stereocenters. The summed E-state index contributed by atoms with van der Waals surface area (Å²) >= 11 is 1.30. The van der Waals surface area contributed by atoms with Crippen LogP contribution in [0.4, 0.5) is 0 Å². The molecule has 6 heteroatoms. The minimum Gasteiger partial charge on any atom is -0.462 e. The van der Waals surface area contributed by atoms with Crippen LogP contribution < -0.4 is 5.73 Å². The van der Waals surface area contributed by atoms with Crippen molar-refractivity contribution in [3.05, 3.63) is 15.6 Å². The van der Waals surface area contributed by atoms with Gasteiger partial charge in [-0.05, 0) is 13.8 Å². The SMILES string of the molecule is CCOC(=O)c1sc(CN)nc1C.Cl. The highest BCUT2D eigenvalue weighted by atomic mass is 35.5. The second kappa shape index (κ2) is 5.95. The van der Waals surface area contributed by atoms with E-state index < -0.39 is 0 Å². The number of halogens is 1.